The van der Waals surface area contributed by atoms with E-state index in [4.69, 9.17) is 5.73 Å². The number of hydrogen-bond acceptors (Lipinski definition) is 3. The molecule has 0 radical (unpaired) electrons. The Bertz CT molecular complexity index is 515. The first-order chi connectivity index (χ1) is 8.46. The number of hydrogen-bond donors (Lipinski definition) is 1. The minimum atomic E-state index is -3.56. The molecule has 0 aromatic heterocycles. The molecule has 100 valence electrons. The Kier molecular flexibility index (Phi) is 3.70. The van der Waals surface area contributed by atoms with Crippen molar-refractivity contribution in [3.05, 3.63) is 30.1 Å². The lowest BCUT2D eigenvalue weighted by molar-refractivity contribution is 0.354. The number of nitrogens with two attached hydrogens (primary N) is 1. The molecule has 1 aromatic carbocycles. The van der Waals surface area contributed by atoms with Crippen molar-refractivity contribution >= 4 is 10.0 Å². The Morgan fingerprint density at radius 1 is 1.39 bits per heavy atom. The van der Waals surface area contributed by atoms with Gasteiger partial charge in [-0.1, -0.05) is 6.92 Å². The normalized spacial score (nSPS) is 25.5. The van der Waals surface area contributed by atoms with Crippen LogP contribution in [-0.4, -0.2) is 31.9 Å². The molecule has 0 aliphatic carbocycles. The van der Waals surface area contributed by atoms with E-state index < -0.39 is 15.8 Å². The van der Waals surface area contributed by atoms with Crippen LogP contribution < -0.4 is 5.73 Å². The topological polar surface area (TPSA) is 63.4 Å². The van der Waals surface area contributed by atoms with Gasteiger partial charge in [-0.2, -0.15) is 4.31 Å². The van der Waals surface area contributed by atoms with Crippen LogP contribution in [-0.2, 0) is 10.0 Å². The van der Waals surface area contributed by atoms with Crippen LogP contribution in [0.15, 0.2) is 29.2 Å². The highest BCUT2D eigenvalue weighted by Gasteiger charge is 2.38. The number of sulfonamides is 1. The van der Waals surface area contributed by atoms with Gasteiger partial charge in [-0.05, 0) is 36.6 Å². The van der Waals surface area contributed by atoms with Crippen LogP contribution in [0.5, 0.6) is 0 Å². The van der Waals surface area contributed by atoms with Gasteiger partial charge in [0.05, 0.1) is 4.90 Å². The van der Waals surface area contributed by atoms with Crippen LogP contribution in [0, 0.1) is 11.7 Å². The summed E-state index contributed by atoms with van der Waals surface area (Å²) in [6.45, 7) is 2.78. The summed E-state index contributed by atoms with van der Waals surface area (Å²) < 4.78 is 39.1. The van der Waals surface area contributed by atoms with Gasteiger partial charge in [0.1, 0.15) is 5.82 Å². The van der Waals surface area contributed by atoms with Gasteiger partial charge in [-0.15, -0.1) is 0 Å². The Balaban J connectivity index is 2.34. The average molecular weight is 272 g/mol. The predicted molar refractivity (Wildman–Crippen MR) is 66.9 cm³/mol. The molecule has 0 amide bonds. The Morgan fingerprint density at radius 2 is 2.00 bits per heavy atom. The highest BCUT2D eigenvalue weighted by molar-refractivity contribution is 7.89. The molecular formula is C12H17FN2O2S. The molecule has 0 saturated carbocycles. The third-order valence-corrected chi connectivity index (χ3v) is 5.43. The predicted octanol–water partition coefficient (Wildman–Crippen LogP) is 1.18. The van der Waals surface area contributed by atoms with E-state index >= 15 is 0 Å². The molecule has 1 heterocycles. The van der Waals surface area contributed by atoms with Crippen LogP contribution in [0.2, 0.25) is 0 Å². The zero-order valence-electron chi connectivity index (χ0n) is 10.2. The van der Waals surface area contributed by atoms with E-state index in [0.717, 1.165) is 18.6 Å². The van der Waals surface area contributed by atoms with E-state index in [-0.39, 0.29) is 16.9 Å². The number of nitrogens with zero attached hydrogens (tertiary/aromatic N) is 1. The molecule has 2 N–H and O–H groups in total. The monoisotopic (exact) mass is 272 g/mol. The third kappa shape index (κ3) is 2.28. The smallest absolute Gasteiger partial charge is 0.243 e. The summed E-state index contributed by atoms with van der Waals surface area (Å²) in [6.07, 6.45) is 0.808. The summed E-state index contributed by atoms with van der Waals surface area (Å²) in [6, 6.07) is 4.73. The number of benzene rings is 1. The van der Waals surface area contributed by atoms with Gasteiger partial charge in [0.2, 0.25) is 10.0 Å². The SMILES string of the molecule is CC1CCN(S(=O)(=O)c2ccc(F)cc2)C1CN. The highest BCUT2D eigenvalue weighted by Crippen LogP contribution is 2.29. The van der Waals surface area contributed by atoms with Crippen molar-refractivity contribution in [2.75, 3.05) is 13.1 Å². The van der Waals surface area contributed by atoms with Crippen LogP contribution in [0.1, 0.15) is 13.3 Å². The minimum absolute atomic E-state index is 0.122. The van der Waals surface area contributed by atoms with E-state index in [0.29, 0.717) is 13.1 Å². The van der Waals surface area contributed by atoms with Crippen LogP contribution in [0.25, 0.3) is 0 Å². The summed E-state index contributed by atoms with van der Waals surface area (Å²) in [5, 5.41) is 0. The van der Waals surface area contributed by atoms with Gasteiger partial charge in [-0.3, -0.25) is 0 Å². The van der Waals surface area contributed by atoms with Gasteiger partial charge >= 0.3 is 0 Å². The molecule has 1 aliphatic heterocycles. The Hall–Kier alpha value is -0.980. The van der Waals surface area contributed by atoms with E-state index in [1.54, 1.807) is 0 Å². The van der Waals surface area contributed by atoms with Gasteiger partial charge in [0.15, 0.2) is 0 Å². The van der Waals surface area contributed by atoms with E-state index in [2.05, 4.69) is 0 Å². The lowest BCUT2D eigenvalue weighted by atomic mass is 10.0. The summed E-state index contributed by atoms with van der Waals surface area (Å²) in [4.78, 5) is 0.122. The zero-order valence-corrected chi connectivity index (χ0v) is 11.0. The molecule has 0 spiro atoms. The third-order valence-electron chi connectivity index (χ3n) is 3.49. The fraction of sp³-hybridized carbons (Fsp3) is 0.500. The molecule has 0 bridgehead atoms. The molecule has 2 rings (SSSR count). The van der Waals surface area contributed by atoms with Crippen molar-refractivity contribution in [1.82, 2.24) is 4.31 Å². The fourth-order valence-corrected chi connectivity index (χ4v) is 4.11. The molecule has 2 atom stereocenters. The lowest BCUT2D eigenvalue weighted by Gasteiger charge is -2.25. The molecule has 6 heteroatoms. The van der Waals surface area contributed by atoms with Gasteiger partial charge in [0, 0.05) is 19.1 Å². The maximum absolute atomic E-state index is 12.8. The fourth-order valence-electron chi connectivity index (χ4n) is 2.36. The molecule has 2 unspecified atom stereocenters. The van der Waals surface area contributed by atoms with Gasteiger partial charge in [0.25, 0.3) is 0 Å². The van der Waals surface area contributed by atoms with Crippen molar-refractivity contribution in [3.8, 4) is 0 Å². The summed E-state index contributed by atoms with van der Waals surface area (Å²) >= 11 is 0. The average Bonchev–Trinajstić information content (AvgIpc) is 2.71. The summed E-state index contributed by atoms with van der Waals surface area (Å²) in [5.74, 6) is -0.190. The van der Waals surface area contributed by atoms with Crippen molar-refractivity contribution in [1.29, 1.82) is 0 Å². The molecular weight excluding hydrogens is 255 g/mol. The van der Waals surface area contributed by atoms with E-state index in [1.165, 1.54) is 16.4 Å². The van der Waals surface area contributed by atoms with Crippen LogP contribution in [0.3, 0.4) is 0 Å². The molecule has 1 aromatic rings. The zero-order chi connectivity index (χ0) is 13.3. The van der Waals surface area contributed by atoms with Gasteiger partial charge < -0.3 is 5.73 Å². The standard InChI is InChI=1S/C12H17FN2O2S/c1-9-6-7-15(12(9)8-14)18(16,17)11-4-2-10(13)3-5-11/h2-5,9,12H,6-8,14H2,1H3. The molecule has 1 aliphatic rings. The van der Waals surface area contributed by atoms with E-state index in [9.17, 15) is 12.8 Å². The van der Waals surface area contributed by atoms with Crippen molar-refractivity contribution in [2.24, 2.45) is 11.7 Å². The van der Waals surface area contributed by atoms with Gasteiger partial charge in [-0.25, -0.2) is 12.8 Å². The molecule has 18 heavy (non-hydrogen) atoms. The molecule has 4 nitrogen and oxygen atoms in total. The van der Waals surface area contributed by atoms with Crippen molar-refractivity contribution in [2.45, 2.75) is 24.3 Å². The second-order valence-corrected chi connectivity index (χ2v) is 6.53. The molecule has 1 fully saturated rings. The van der Waals surface area contributed by atoms with Crippen LogP contribution >= 0.6 is 0 Å². The number of rotatable bonds is 3. The quantitative estimate of drug-likeness (QED) is 0.898. The summed E-state index contributed by atoms with van der Waals surface area (Å²) in [7, 11) is -3.56. The first-order valence-corrected chi connectivity index (χ1v) is 7.38. The van der Waals surface area contributed by atoms with E-state index in [1.807, 2.05) is 6.92 Å². The molecule has 1 saturated heterocycles. The second kappa shape index (κ2) is 4.95. The minimum Gasteiger partial charge on any atom is -0.329 e. The maximum Gasteiger partial charge on any atom is 0.243 e. The number of halogens is 1. The first-order valence-electron chi connectivity index (χ1n) is 5.94. The second-order valence-electron chi connectivity index (χ2n) is 4.64. The first kappa shape index (κ1) is 13.5. The maximum atomic E-state index is 12.8. The Morgan fingerprint density at radius 3 is 2.56 bits per heavy atom. The Labute approximate surface area is 107 Å². The highest BCUT2D eigenvalue weighted by atomic mass is 32.2. The van der Waals surface area contributed by atoms with Crippen LogP contribution in [0.4, 0.5) is 4.39 Å². The largest absolute Gasteiger partial charge is 0.329 e. The van der Waals surface area contributed by atoms with Crippen molar-refractivity contribution < 1.29 is 12.8 Å². The lowest BCUT2D eigenvalue weighted by Crippen LogP contribution is -2.42. The summed E-state index contributed by atoms with van der Waals surface area (Å²) in [5.41, 5.74) is 5.65. The van der Waals surface area contributed by atoms with Crippen molar-refractivity contribution in [3.63, 3.8) is 0 Å².